The number of halogens is 2. The molecule has 1 fully saturated rings. The van der Waals surface area contributed by atoms with Gasteiger partial charge in [0.25, 0.3) is 16.7 Å². The lowest BCUT2D eigenvalue weighted by Gasteiger charge is -2.24. The summed E-state index contributed by atoms with van der Waals surface area (Å²) in [6.07, 6.45) is 17.1. The topological polar surface area (TPSA) is 309 Å². The number of nitriles is 1. The van der Waals surface area contributed by atoms with Gasteiger partial charge in [-0.2, -0.15) is 5.26 Å². The number of nitrogens with zero attached hydrogens (tertiary/aromatic N) is 13. The van der Waals surface area contributed by atoms with E-state index in [2.05, 4.69) is 81.6 Å². The average Bonchev–Trinajstić information content (AvgIpc) is 1.74. The van der Waals surface area contributed by atoms with Crippen LogP contribution in [0, 0.1) is 43.7 Å². The van der Waals surface area contributed by atoms with Gasteiger partial charge >= 0.3 is 0 Å². The summed E-state index contributed by atoms with van der Waals surface area (Å²) in [6.45, 7) is 18.0. The van der Waals surface area contributed by atoms with Crippen LogP contribution >= 0.6 is 0 Å². The Labute approximate surface area is 603 Å². The molecular formula is C79H94F2N16O6. The van der Waals surface area contributed by atoms with Crippen LogP contribution in [0.1, 0.15) is 159 Å². The van der Waals surface area contributed by atoms with Gasteiger partial charge in [-0.25, -0.2) is 23.7 Å². The maximum Gasteiger partial charge on any atom is 0.251 e. The first-order chi connectivity index (χ1) is 49.7. The summed E-state index contributed by atoms with van der Waals surface area (Å²) >= 11 is 0. The lowest BCUT2D eigenvalue weighted by atomic mass is 9.98. The van der Waals surface area contributed by atoms with Crippen molar-refractivity contribution in [3.05, 3.63) is 229 Å². The molecule has 2 atom stereocenters. The molecule has 0 saturated heterocycles. The lowest BCUT2D eigenvalue weighted by Crippen LogP contribution is -2.37. The smallest absolute Gasteiger partial charge is 0.251 e. The molecule has 2 unspecified atom stereocenters. The predicted molar refractivity (Wildman–Crippen MR) is 404 cm³/mol. The second kappa shape index (κ2) is 32.1. The third kappa shape index (κ3) is 15.9. The molecule has 0 radical (unpaired) electrons. The van der Waals surface area contributed by atoms with E-state index in [9.17, 15) is 28.4 Å². The van der Waals surface area contributed by atoms with E-state index in [0.717, 1.165) is 67.3 Å². The van der Waals surface area contributed by atoms with Crippen LogP contribution in [0.2, 0.25) is 0 Å². The van der Waals surface area contributed by atoms with Gasteiger partial charge < -0.3 is 39.5 Å². The normalized spacial score (nSPS) is 13.1. The first-order valence-corrected chi connectivity index (χ1v) is 34.5. The van der Waals surface area contributed by atoms with Gasteiger partial charge in [0, 0.05) is 139 Å². The molecule has 0 amide bonds. The largest absolute Gasteiger partial charge is 0.354 e. The van der Waals surface area contributed by atoms with Crippen LogP contribution in [0.25, 0.3) is 102 Å². The summed E-state index contributed by atoms with van der Waals surface area (Å²) in [5.74, 6) is 0.565. The summed E-state index contributed by atoms with van der Waals surface area (Å²) in [7, 11) is 1.92. The Bertz CT molecular complexity index is 5250. The number of aryl methyl sites for hydroxylation is 3. The van der Waals surface area contributed by atoms with Crippen molar-refractivity contribution in [2.45, 2.75) is 150 Å². The van der Waals surface area contributed by atoms with E-state index in [1.165, 1.54) is 17.7 Å². The molecule has 22 nitrogen and oxygen atoms in total. The number of hydrogen-bond acceptors (Lipinski definition) is 19. The minimum atomic E-state index is -0.795. The van der Waals surface area contributed by atoms with Crippen LogP contribution in [0.5, 0.6) is 0 Å². The first-order valence-electron chi connectivity index (χ1n) is 34.5. The van der Waals surface area contributed by atoms with Gasteiger partial charge in [0.15, 0.2) is 17.3 Å². The third-order valence-electron chi connectivity index (χ3n) is 18.8. The Morgan fingerprint density at radius 2 is 0.971 bits per heavy atom. The minimum absolute atomic E-state index is 0. The highest BCUT2D eigenvalue weighted by Gasteiger charge is 2.37. The SMILES string of the molecule is CCC(CC)n1cc(-c2cnc(C)c(-c3cc(-c4ccc(F)c(C(C)N)c4)no3)n2)ccc1=O.CCC(CC)n1cc(-c2cnc(C)c(-c3cc(-c4cccc(C(C)N)c4F)no3)n2)ccc1=O.CNCc1ccc(-c2cc(-c3nc(-c4ccc(=O)n(C5(C#N)CCCC5)c4)cnc3C)on2)cc1.[HH].[HH].[HH].[HH].[HH].[HH]. The van der Waals surface area contributed by atoms with Gasteiger partial charge in [0.1, 0.15) is 51.3 Å². The molecule has 0 spiro atoms. The Balaban J connectivity index is 0.000000285. The highest BCUT2D eigenvalue weighted by molar-refractivity contribution is 5.72. The number of nitrogens with two attached hydrogens (primary N) is 2. The molecule has 1 aliphatic rings. The molecule has 13 rings (SSSR count). The van der Waals surface area contributed by atoms with Crippen LogP contribution in [0.15, 0.2) is 180 Å². The van der Waals surface area contributed by atoms with Crippen molar-refractivity contribution in [3.63, 3.8) is 0 Å². The van der Waals surface area contributed by atoms with Crippen molar-refractivity contribution in [1.82, 2.24) is 64.4 Å². The maximum atomic E-state index is 15.0. The van der Waals surface area contributed by atoms with Gasteiger partial charge in [-0.15, -0.1) is 0 Å². The predicted octanol–water partition coefficient (Wildman–Crippen LogP) is 16.8. The van der Waals surface area contributed by atoms with Crippen LogP contribution in [-0.4, -0.2) is 66.1 Å². The monoisotopic (exact) mass is 1400 g/mol. The van der Waals surface area contributed by atoms with Crippen molar-refractivity contribution in [3.8, 4) is 108 Å². The van der Waals surface area contributed by atoms with E-state index >= 15 is 0 Å². The fourth-order valence-electron chi connectivity index (χ4n) is 12.8. The quantitative estimate of drug-likeness (QED) is 0.0638. The van der Waals surface area contributed by atoms with Gasteiger partial charge in [0.2, 0.25) is 0 Å². The van der Waals surface area contributed by atoms with E-state index in [4.69, 9.17) is 40.0 Å². The molecule has 103 heavy (non-hydrogen) atoms. The van der Waals surface area contributed by atoms with Crippen LogP contribution in [-0.2, 0) is 12.1 Å². The van der Waals surface area contributed by atoms with Crippen molar-refractivity contribution in [2.75, 3.05) is 7.05 Å². The maximum absolute atomic E-state index is 15.0. The number of rotatable bonds is 20. The Morgan fingerprint density at radius 3 is 1.43 bits per heavy atom. The minimum Gasteiger partial charge on any atom is -0.354 e. The zero-order valence-corrected chi connectivity index (χ0v) is 59.3. The molecule has 1 saturated carbocycles. The molecule has 0 aliphatic heterocycles. The van der Waals surface area contributed by atoms with E-state index in [1.54, 1.807) is 125 Å². The van der Waals surface area contributed by atoms with Crippen LogP contribution < -0.4 is 33.5 Å². The molecule has 0 bridgehead atoms. The molecule has 12 aromatic rings. The molecule has 540 valence electrons. The van der Waals surface area contributed by atoms with E-state index in [0.29, 0.717) is 121 Å². The molecule has 5 N–H and O–H groups in total. The third-order valence-corrected chi connectivity index (χ3v) is 18.8. The molecule has 9 aromatic heterocycles. The second-order valence-electron chi connectivity index (χ2n) is 25.8. The highest BCUT2D eigenvalue weighted by atomic mass is 19.1. The molecule has 1 aliphatic carbocycles. The molecule has 3 aromatic carbocycles. The highest BCUT2D eigenvalue weighted by Crippen LogP contribution is 2.38. The second-order valence-corrected chi connectivity index (χ2v) is 25.8. The Morgan fingerprint density at radius 1 is 0.544 bits per heavy atom. The number of nitrogens with one attached hydrogen (secondary N) is 1. The molecule has 24 heteroatoms. The number of pyridine rings is 3. The lowest BCUT2D eigenvalue weighted by molar-refractivity contribution is 0.383. The number of hydrogen-bond donors (Lipinski definition) is 3. The summed E-state index contributed by atoms with van der Waals surface area (Å²) < 4.78 is 50.9. The summed E-state index contributed by atoms with van der Waals surface area (Å²) in [5, 5.41) is 25.5. The number of benzene rings is 3. The number of aromatic nitrogens is 12. The van der Waals surface area contributed by atoms with Gasteiger partial charge in [-0.1, -0.05) is 79.6 Å². The standard InChI is InChI=1S/C27H26N6O2.2C26H28FN5O2.6H2/c1-18-26(24-13-22(32-35-24)20-7-5-19(6-8-20)14-29-2)31-23(15-30-18)21-9-10-25(34)33(16-21)27(17-28)11-3-4-12-27;1-5-19(6-2)32-14-18(8-10-25(32)33)23-13-29-16(4)26(30-23)24-12-22(31-34-24)17-7-9-21(27)20(11-17)15(3)28;1-5-18(6-2)32-14-17(10-11-24(32)33)22-13-29-16(4)26(30-22)23-12-21(31-34-23)20-9-7-8-19(15(3)28)25(20)27;;;;;;/h5-10,13,15-16,29H,3-4,11-12,14H2,1-2H3;7-15,19H,5-6,28H2,1-4H3;7-15,18H,5-6,28H2,1-4H3;6*1H. The van der Waals surface area contributed by atoms with E-state index in [1.807, 2.05) is 58.4 Å². The molecular weight excluding hydrogens is 1310 g/mol. The van der Waals surface area contributed by atoms with Crippen molar-refractivity contribution in [1.29, 1.82) is 5.26 Å². The molecule has 9 heterocycles. The van der Waals surface area contributed by atoms with Crippen molar-refractivity contribution >= 4 is 0 Å². The Kier molecular flexibility index (Phi) is 22.7. The zero-order valence-electron chi connectivity index (χ0n) is 59.3. The van der Waals surface area contributed by atoms with Crippen molar-refractivity contribution in [2.24, 2.45) is 11.5 Å². The van der Waals surface area contributed by atoms with E-state index in [-0.39, 0.29) is 43.1 Å². The van der Waals surface area contributed by atoms with Gasteiger partial charge in [0.05, 0.1) is 58.8 Å². The van der Waals surface area contributed by atoms with Crippen LogP contribution in [0.4, 0.5) is 8.78 Å². The fourth-order valence-corrected chi connectivity index (χ4v) is 12.8. The summed E-state index contributed by atoms with van der Waals surface area (Å²) in [4.78, 5) is 65.3. The fraction of sp³-hybridized carbons (Fsp3) is 0.304. The van der Waals surface area contributed by atoms with Gasteiger partial charge in [-0.05, 0) is 141 Å². The Hall–Kier alpha value is -11.4. The zero-order chi connectivity index (χ0) is 73.2. The van der Waals surface area contributed by atoms with Crippen molar-refractivity contribution < 1.29 is 30.9 Å². The first kappa shape index (κ1) is 72.8. The van der Waals surface area contributed by atoms with E-state index < -0.39 is 23.4 Å². The summed E-state index contributed by atoms with van der Waals surface area (Å²) in [5.41, 5.74) is 24.0. The van der Waals surface area contributed by atoms with Gasteiger partial charge in [-0.3, -0.25) is 33.9 Å². The average molecular weight is 1400 g/mol. The summed E-state index contributed by atoms with van der Waals surface area (Å²) in [6, 6.07) is 34.7. The van der Waals surface area contributed by atoms with Crippen LogP contribution in [0.3, 0.4) is 0 Å².